The lowest BCUT2D eigenvalue weighted by Crippen LogP contribution is -2.14. The van der Waals surface area contributed by atoms with Crippen LogP contribution < -0.4 is 5.32 Å². The van der Waals surface area contributed by atoms with Gasteiger partial charge >= 0.3 is 6.18 Å². The van der Waals surface area contributed by atoms with Gasteiger partial charge in [0.25, 0.3) is 0 Å². The largest absolute Gasteiger partial charge is 0.433 e. The summed E-state index contributed by atoms with van der Waals surface area (Å²) in [5.41, 5.74) is 0.474. The lowest BCUT2D eigenvalue weighted by Gasteiger charge is -2.14. The summed E-state index contributed by atoms with van der Waals surface area (Å²) < 4.78 is 42.7. The van der Waals surface area contributed by atoms with Gasteiger partial charge in [0.15, 0.2) is 0 Å². The van der Waals surface area contributed by atoms with Crippen LogP contribution in [0.15, 0.2) is 16.8 Å². The number of rotatable bonds is 3. The third-order valence-corrected chi connectivity index (χ3v) is 2.81. The van der Waals surface area contributed by atoms with E-state index in [4.69, 9.17) is 4.52 Å². The third kappa shape index (κ3) is 2.89. The molecule has 0 aromatic carbocycles. The smallest absolute Gasteiger partial charge is 0.361 e. The quantitative estimate of drug-likeness (QED) is 0.938. The third-order valence-electron chi connectivity index (χ3n) is 2.81. The van der Waals surface area contributed by atoms with Crippen molar-refractivity contribution in [2.45, 2.75) is 33.0 Å². The Morgan fingerprint density at radius 3 is 2.55 bits per heavy atom. The molecule has 2 rings (SSSR count). The molecular formula is C12H13F3N4O. The number of hydrogen-bond donors (Lipinski definition) is 1. The van der Waals surface area contributed by atoms with Crippen LogP contribution in [0.4, 0.5) is 19.1 Å². The number of halogens is 3. The van der Waals surface area contributed by atoms with Gasteiger partial charge in [-0.25, -0.2) is 9.97 Å². The fourth-order valence-electron chi connectivity index (χ4n) is 1.96. The van der Waals surface area contributed by atoms with Gasteiger partial charge in [-0.3, -0.25) is 0 Å². The Balaban J connectivity index is 2.22. The molecule has 1 N–H and O–H groups in total. The molecular weight excluding hydrogens is 273 g/mol. The minimum absolute atomic E-state index is 0.0904. The number of aromatic nitrogens is 3. The second kappa shape index (κ2) is 5.10. The molecule has 0 spiro atoms. The van der Waals surface area contributed by atoms with Crippen LogP contribution in [-0.4, -0.2) is 15.1 Å². The number of anilines is 1. The maximum atomic E-state index is 12.6. The minimum atomic E-state index is -4.49. The number of nitrogens with one attached hydrogen (secondary N) is 1. The molecule has 2 heterocycles. The monoisotopic (exact) mass is 286 g/mol. The lowest BCUT2D eigenvalue weighted by atomic mass is 10.1. The van der Waals surface area contributed by atoms with Gasteiger partial charge in [-0.05, 0) is 26.8 Å². The van der Waals surface area contributed by atoms with Gasteiger partial charge < -0.3 is 9.84 Å². The number of nitrogens with zero attached hydrogens (tertiary/aromatic N) is 3. The fourth-order valence-corrected chi connectivity index (χ4v) is 1.96. The summed E-state index contributed by atoms with van der Waals surface area (Å²) >= 11 is 0. The molecule has 108 valence electrons. The van der Waals surface area contributed by atoms with E-state index in [1.165, 1.54) is 0 Å². The Morgan fingerprint density at radius 2 is 2.00 bits per heavy atom. The van der Waals surface area contributed by atoms with Crippen LogP contribution in [0.25, 0.3) is 0 Å². The molecule has 1 unspecified atom stereocenters. The van der Waals surface area contributed by atoms with E-state index in [1.807, 2.05) is 0 Å². The average Bonchev–Trinajstić information content (AvgIpc) is 2.68. The van der Waals surface area contributed by atoms with Gasteiger partial charge in [0, 0.05) is 11.8 Å². The summed E-state index contributed by atoms with van der Waals surface area (Å²) in [4.78, 5) is 7.24. The number of hydrogen-bond acceptors (Lipinski definition) is 5. The molecule has 0 fully saturated rings. The number of alkyl halides is 3. The molecule has 20 heavy (non-hydrogen) atoms. The van der Waals surface area contributed by atoms with E-state index in [1.54, 1.807) is 20.8 Å². The molecule has 0 bridgehead atoms. The Kier molecular flexibility index (Phi) is 3.65. The summed E-state index contributed by atoms with van der Waals surface area (Å²) in [7, 11) is 0. The van der Waals surface area contributed by atoms with E-state index in [0.29, 0.717) is 11.5 Å². The maximum absolute atomic E-state index is 12.6. The first-order valence-corrected chi connectivity index (χ1v) is 5.88. The van der Waals surface area contributed by atoms with Gasteiger partial charge in [0.05, 0.1) is 11.7 Å². The molecule has 1 atom stereocenters. The van der Waals surface area contributed by atoms with E-state index in [0.717, 1.165) is 17.8 Å². The standard InChI is InChI=1S/C12H13F3N4O/c1-6(10-7(2)19-20-8(10)3)17-11-16-5-4-9(18-11)12(13,14)15/h4-6H,1-3H3,(H,16,17,18). The first-order chi connectivity index (χ1) is 9.29. The van der Waals surface area contributed by atoms with Crippen molar-refractivity contribution in [2.75, 3.05) is 5.32 Å². The molecule has 0 aliphatic heterocycles. The molecule has 2 aromatic heterocycles. The van der Waals surface area contributed by atoms with Crippen LogP contribution in [-0.2, 0) is 6.18 Å². The molecule has 0 saturated carbocycles. The SMILES string of the molecule is Cc1noc(C)c1C(C)Nc1nccc(C(F)(F)F)n1. The molecule has 2 aromatic rings. The summed E-state index contributed by atoms with van der Waals surface area (Å²) in [6, 6.07) is 0.510. The van der Waals surface area contributed by atoms with Crippen LogP contribution in [0.5, 0.6) is 0 Å². The van der Waals surface area contributed by atoms with Crippen molar-refractivity contribution in [1.29, 1.82) is 0 Å². The van der Waals surface area contributed by atoms with Crippen molar-refractivity contribution in [3.8, 4) is 0 Å². The van der Waals surface area contributed by atoms with E-state index < -0.39 is 11.9 Å². The average molecular weight is 286 g/mol. The van der Waals surface area contributed by atoms with Crippen LogP contribution >= 0.6 is 0 Å². The van der Waals surface area contributed by atoms with Gasteiger partial charge in [0.2, 0.25) is 5.95 Å². The van der Waals surface area contributed by atoms with Crippen LogP contribution in [0.2, 0.25) is 0 Å². The Bertz CT molecular complexity index is 589. The molecule has 0 aliphatic rings. The van der Waals surface area contributed by atoms with E-state index >= 15 is 0 Å². The Hall–Kier alpha value is -2.12. The Morgan fingerprint density at radius 1 is 1.30 bits per heavy atom. The summed E-state index contributed by atoms with van der Waals surface area (Å²) in [6.07, 6.45) is -3.43. The Labute approximate surface area is 113 Å². The second-order valence-corrected chi connectivity index (χ2v) is 4.37. The van der Waals surface area contributed by atoms with Gasteiger partial charge in [-0.15, -0.1) is 0 Å². The van der Waals surface area contributed by atoms with Crippen molar-refractivity contribution < 1.29 is 17.7 Å². The van der Waals surface area contributed by atoms with Crippen molar-refractivity contribution >= 4 is 5.95 Å². The maximum Gasteiger partial charge on any atom is 0.433 e. The molecule has 0 amide bonds. The highest BCUT2D eigenvalue weighted by atomic mass is 19.4. The summed E-state index contributed by atoms with van der Waals surface area (Å²) in [5, 5.41) is 6.62. The highest BCUT2D eigenvalue weighted by molar-refractivity contribution is 5.34. The molecule has 0 saturated heterocycles. The topological polar surface area (TPSA) is 63.8 Å². The fraction of sp³-hybridized carbons (Fsp3) is 0.417. The van der Waals surface area contributed by atoms with Crippen molar-refractivity contribution in [1.82, 2.24) is 15.1 Å². The minimum Gasteiger partial charge on any atom is -0.361 e. The zero-order valence-electron chi connectivity index (χ0n) is 11.1. The summed E-state index contributed by atoms with van der Waals surface area (Å²) in [5.74, 6) is 0.516. The van der Waals surface area contributed by atoms with Crippen LogP contribution in [0.1, 0.15) is 35.7 Å². The number of aryl methyl sites for hydroxylation is 2. The van der Waals surface area contributed by atoms with Crippen molar-refractivity contribution in [2.24, 2.45) is 0 Å². The first-order valence-electron chi connectivity index (χ1n) is 5.88. The molecule has 0 radical (unpaired) electrons. The highest BCUT2D eigenvalue weighted by Gasteiger charge is 2.33. The molecule has 5 nitrogen and oxygen atoms in total. The van der Waals surface area contributed by atoms with Gasteiger partial charge in [-0.2, -0.15) is 13.2 Å². The zero-order valence-corrected chi connectivity index (χ0v) is 11.1. The van der Waals surface area contributed by atoms with E-state index in [2.05, 4.69) is 20.4 Å². The highest BCUT2D eigenvalue weighted by Crippen LogP contribution is 2.28. The van der Waals surface area contributed by atoms with Crippen molar-refractivity contribution in [3.05, 3.63) is 35.0 Å². The van der Waals surface area contributed by atoms with Crippen molar-refractivity contribution in [3.63, 3.8) is 0 Å². The van der Waals surface area contributed by atoms with E-state index in [9.17, 15) is 13.2 Å². The lowest BCUT2D eigenvalue weighted by molar-refractivity contribution is -0.141. The van der Waals surface area contributed by atoms with Gasteiger partial charge in [-0.1, -0.05) is 5.16 Å². The zero-order chi connectivity index (χ0) is 14.9. The van der Waals surface area contributed by atoms with Crippen LogP contribution in [0.3, 0.4) is 0 Å². The molecule has 8 heteroatoms. The van der Waals surface area contributed by atoms with E-state index in [-0.39, 0.29) is 12.0 Å². The second-order valence-electron chi connectivity index (χ2n) is 4.37. The first kappa shape index (κ1) is 14.3. The summed E-state index contributed by atoms with van der Waals surface area (Å²) in [6.45, 7) is 5.27. The predicted octanol–water partition coefficient (Wildman–Crippen LogP) is 3.27. The van der Waals surface area contributed by atoms with Crippen LogP contribution in [0, 0.1) is 13.8 Å². The van der Waals surface area contributed by atoms with Gasteiger partial charge in [0.1, 0.15) is 11.5 Å². The predicted molar refractivity (Wildman–Crippen MR) is 65.0 cm³/mol. The normalized spacial score (nSPS) is 13.3. The molecule has 0 aliphatic carbocycles.